The van der Waals surface area contributed by atoms with Crippen LogP contribution in [0.3, 0.4) is 0 Å². The zero-order valence-corrected chi connectivity index (χ0v) is 16.4. The van der Waals surface area contributed by atoms with Crippen molar-refractivity contribution in [1.82, 2.24) is 10.2 Å². The van der Waals surface area contributed by atoms with Crippen LogP contribution in [-0.2, 0) is 6.54 Å². The van der Waals surface area contributed by atoms with Crippen LogP contribution in [-0.4, -0.2) is 29.4 Å². The molecule has 2 aliphatic rings. The Morgan fingerprint density at radius 1 is 1.19 bits per heavy atom. The van der Waals surface area contributed by atoms with Gasteiger partial charge in [0.15, 0.2) is 0 Å². The summed E-state index contributed by atoms with van der Waals surface area (Å²) in [4.78, 5) is 16.8. The molecule has 1 aliphatic carbocycles. The van der Waals surface area contributed by atoms with E-state index >= 15 is 0 Å². The molecule has 4 rings (SSSR count). The van der Waals surface area contributed by atoms with E-state index in [1.807, 2.05) is 41.7 Å². The van der Waals surface area contributed by atoms with Gasteiger partial charge in [0.2, 0.25) is 0 Å². The van der Waals surface area contributed by atoms with Gasteiger partial charge < -0.3 is 5.32 Å². The molecule has 2 aromatic rings. The Bertz CT molecular complexity index is 743. The topological polar surface area (TPSA) is 32.3 Å². The number of aryl methyl sites for hydroxylation is 1. The molecule has 0 atom stereocenters. The minimum Gasteiger partial charge on any atom is -0.346 e. The van der Waals surface area contributed by atoms with E-state index in [4.69, 9.17) is 0 Å². The number of nitrogens with one attached hydrogen (secondary N) is 1. The molecule has 1 N–H and O–H groups in total. The van der Waals surface area contributed by atoms with E-state index in [1.165, 1.54) is 23.3 Å². The highest BCUT2D eigenvalue weighted by Crippen LogP contribution is 2.41. The number of carbonyl (C=O) groups is 1. The van der Waals surface area contributed by atoms with Crippen LogP contribution in [0.1, 0.15) is 52.9 Å². The minimum atomic E-state index is -0.0188. The summed E-state index contributed by atoms with van der Waals surface area (Å²) in [5.41, 5.74) is 2.16. The van der Waals surface area contributed by atoms with Gasteiger partial charge in [-0.2, -0.15) is 0 Å². The first-order valence-corrected chi connectivity index (χ1v) is 10.6. The van der Waals surface area contributed by atoms with Crippen LogP contribution in [0.5, 0.6) is 0 Å². The maximum absolute atomic E-state index is 12.8. The van der Waals surface area contributed by atoms with Crippen molar-refractivity contribution < 1.29 is 4.79 Å². The molecule has 2 fully saturated rings. The monoisotopic (exact) mass is 368 g/mol. The summed E-state index contributed by atoms with van der Waals surface area (Å²) in [7, 11) is 0. The Morgan fingerprint density at radius 3 is 2.54 bits per heavy atom. The Labute approximate surface area is 160 Å². The van der Waals surface area contributed by atoms with Gasteiger partial charge in [-0.15, -0.1) is 11.3 Å². The molecule has 0 radical (unpaired) electrons. The third-order valence-electron chi connectivity index (χ3n) is 5.94. The van der Waals surface area contributed by atoms with Gasteiger partial charge in [-0.1, -0.05) is 31.0 Å². The first-order valence-electron chi connectivity index (χ1n) is 9.76. The summed E-state index contributed by atoms with van der Waals surface area (Å²) in [5.74, 6) is 0.908. The van der Waals surface area contributed by atoms with Gasteiger partial charge in [-0.05, 0) is 61.2 Å². The summed E-state index contributed by atoms with van der Waals surface area (Å²) >= 11 is 1.86. The minimum absolute atomic E-state index is 0.0188. The number of likely N-dealkylation sites (tertiary alicyclic amines) is 1. The van der Waals surface area contributed by atoms with Crippen LogP contribution in [0, 0.1) is 12.8 Å². The van der Waals surface area contributed by atoms with E-state index in [-0.39, 0.29) is 11.4 Å². The van der Waals surface area contributed by atoms with Crippen LogP contribution in [0.4, 0.5) is 0 Å². The van der Waals surface area contributed by atoms with Crippen molar-refractivity contribution >= 4 is 17.2 Å². The fourth-order valence-electron chi connectivity index (χ4n) is 4.07. The lowest BCUT2D eigenvalue weighted by Gasteiger charge is -2.43. The predicted octanol–water partition coefficient (Wildman–Crippen LogP) is 4.62. The Kier molecular flexibility index (Phi) is 5.14. The molecule has 0 unspecified atom stereocenters. The molecule has 1 aromatic heterocycles. The molecule has 26 heavy (non-hydrogen) atoms. The highest BCUT2D eigenvalue weighted by molar-refractivity contribution is 7.10. The third kappa shape index (κ3) is 4.18. The van der Waals surface area contributed by atoms with E-state index in [0.29, 0.717) is 0 Å². The molecule has 0 bridgehead atoms. The molecule has 4 heteroatoms. The van der Waals surface area contributed by atoms with Gasteiger partial charge in [0.05, 0.1) is 0 Å². The van der Waals surface area contributed by atoms with Gasteiger partial charge in [-0.3, -0.25) is 9.69 Å². The molecular formula is C22H28N2OS. The van der Waals surface area contributed by atoms with Crippen molar-refractivity contribution in [3.05, 3.63) is 57.8 Å². The second-order valence-corrected chi connectivity index (χ2v) is 9.05. The van der Waals surface area contributed by atoms with Crippen LogP contribution in [0.15, 0.2) is 41.8 Å². The van der Waals surface area contributed by atoms with Gasteiger partial charge in [0.25, 0.3) is 5.91 Å². The number of thiophene rings is 1. The van der Waals surface area contributed by atoms with Crippen LogP contribution in [0.2, 0.25) is 0 Å². The maximum Gasteiger partial charge on any atom is 0.251 e. The lowest BCUT2D eigenvalue weighted by molar-refractivity contribution is 0.0771. The van der Waals surface area contributed by atoms with Gasteiger partial charge in [0.1, 0.15) is 0 Å². The fraction of sp³-hybridized carbons (Fsp3) is 0.500. The SMILES string of the molecule is Cc1ccsc1CN1CCC(CC2CC2)(NC(=O)c2ccccc2)CC1. The Morgan fingerprint density at radius 2 is 1.92 bits per heavy atom. The molecule has 138 valence electrons. The summed E-state index contributed by atoms with van der Waals surface area (Å²) in [6, 6.07) is 11.9. The lowest BCUT2D eigenvalue weighted by atomic mass is 9.82. The second kappa shape index (κ2) is 7.53. The number of rotatable bonds is 6. The van der Waals surface area contributed by atoms with Gasteiger partial charge >= 0.3 is 0 Å². The second-order valence-electron chi connectivity index (χ2n) is 8.05. The number of nitrogens with zero attached hydrogens (tertiary/aromatic N) is 1. The Balaban J connectivity index is 1.41. The van der Waals surface area contributed by atoms with Crippen molar-refractivity contribution in [2.75, 3.05) is 13.1 Å². The summed E-state index contributed by atoms with van der Waals surface area (Å²) in [6.45, 7) is 5.39. The van der Waals surface area contributed by atoms with Crippen molar-refractivity contribution in [2.45, 2.75) is 51.1 Å². The summed E-state index contributed by atoms with van der Waals surface area (Å²) < 4.78 is 0. The molecule has 2 heterocycles. The number of amides is 1. The van der Waals surface area contributed by atoms with E-state index < -0.39 is 0 Å². The normalized spacial score (nSPS) is 20.0. The maximum atomic E-state index is 12.8. The summed E-state index contributed by atoms with van der Waals surface area (Å²) in [6.07, 6.45) is 5.94. The number of piperidine rings is 1. The Hall–Kier alpha value is -1.65. The molecule has 1 saturated carbocycles. The third-order valence-corrected chi connectivity index (χ3v) is 6.95. The van der Waals surface area contributed by atoms with E-state index in [1.54, 1.807) is 0 Å². The zero-order chi connectivity index (χ0) is 18.0. The van der Waals surface area contributed by atoms with E-state index in [2.05, 4.69) is 28.6 Å². The average Bonchev–Trinajstić information content (AvgIpc) is 3.38. The van der Waals surface area contributed by atoms with Crippen LogP contribution >= 0.6 is 11.3 Å². The van der Waals surface area contributed by atoms with Crippen molar-refractivity contribution in [1.29, 1.82) is 0 Å². The largest absolute Gasteiger partial charge is 0.346 e. The highest BCUT2D eigenvalue weighted by Gasteiger charge is 2.40. The molecular weight excluding hydrogens is 340 g/mol. The predicted molar refractivity (Wildman–Crippen MR) is 108 cm³/mol. The fourth-order valence-corrected chi connectivity index (χ4v) is 5.01. The van der Waals surface area contributed by atoms with Crippen LogP contribution < -0.4 is 5.32 Å². The molecule has 1 saturated heterocycles. The van der Waals surface area contributed by atoms with Crippen LogP contribution in [0.25, 0.3) is 0 Å². The molecule has 1 amide bonds. The number of carbonyl (C=O) groups excluding carboxylic acids is 1. The van der Waals surface area contributed by atoms with Crippen molar-refractivity contribution in [3.8, 4) is 0 Å². The summed E-state index contributed by atoms with van der Waals surface area (Å²) in [5, 5.41) is 5.63. The number of hydrogen-bond donors (Lipinski definition) is 1. The molecule has 0 spiro atoms. The van der Waals surface area contributed by atoms with Gasteiger partial charge in [-0.25, -0.2) is 0 Å². The molecule has 1 aromatic carbocycles. The van der Waals surface area contributed by atoms with Crippen molar-refractivity contribution in [3.63, 3.8) is 0 Å². The smallest absolute Gasteiger partial charge is 0.251 e. The quantitative estimate of drug-likeness (QED) is 0.807. The van der Waals surface area contributed by atoms with Gasteiger partial charge in [0, 0.05) is 35.6 Å². The lowest BCUT2D eigenvalue weighted by Crippen LogP contribution is -2.55. The number of hydrogen-bond acceptors (Lipinski definition) is 3. The zero-order valence-electron chi connectivity index (χ0n) is 15.5. The molecule has 3 nitrogen and oxygen atoms in total. The first kappa shape index (κ1) is 17.7. The average molecular weight is 369 g/mol. The van der Waals surface area contributed by atoms with E-state index in [9.17, 15) is 4.79 Å². The first-order chi connectivity index (χ1) is 12.6. The molecule has 1 aliphatic heterocycles. The standard InChI is InChI=1S/C22H28N2OS/c1-17-9-14-26-20(17)16-24-12-10-22(11-13-24,15-18-7-8-18)23-21(25)19-5-3-2-4-6-19/h2-6,9,14,18H,7-8,10-13,15-16H2,1H3,(H,23,25). The van der Waals surface area contributed by atoms with E-state index in [0.717, 1.165) is 50.4 Å². The highest BCUT2D eigenvalue weighted by atomic mass is 32.1. The number of benzene rings is 1. The van der Waals surface area contributed by atoms with Crippen molar-refractivity contribution in [2.24, 2.45) is 5.92 Å².